The number of rotatable bonds is 8. The Labute approximate surface area is 107 Å². The second kappa shape index (κ2) is 9.31. The lowest BCUT2D eigenvalue weighted by Gasteiger charge is -2.23. The van der Waals surface area contributed by atoms with Gasteiger partial charge in [0.1, 0.15) is 6.54 Å². The molecule has 0 heterocycles. The quantitative estimate of drug-likeness (QED) is 0.621. The van der Waals surface area contributed by atoms with Crippen LogP contribution in [-0.2, 0) is 9.53 Å². The monoisotopic (exact) mass is 256 g/mol. The smallest absolute Gasteiger partial charge is 0.323 e. The molecule has 0 aromatic rings. The Balaban J connectivity index is 4.43. The Hall–Kier alpha value is -1.74. The molecule has 2 N–H and O–H groups in total. The van der Waals surface area contributed by atoms with Gasteiger partial charge in [-0.05, 0) is 6.42 Å². The van der Waals surface area contributed by atoms with E-state index in [0.717, 1.165) is 11.3 Å². The van der Waals surface area contributed by atoms with Gasteiger partial charge in [0.05, 0.1) is 12.6 Å². The van der Waals surface area contributed by atoms with Gasteiger partial charge in [-0.15, -0.1) is 6.42 Å². The van der Waals surface area contributed by atoms with Crippen LogP contribution in [0.25, 0.3) is 0 Å². The molecule has 18 heavy (non-hydrogen) atoms. The van der Waals surface area contributed by atoms with Crippen LogP contribution in [0.1, 0.15) is 19.8 Å². The zero-order valence-electron chi connectivity index (χ0n) is 10.8. The molecule has 102 valence electrons. The number of hydrogen-bond acceptors (Lipinski definition) is 3. The lowest BCUT2D eigenvalue weighted by atomic mass is 10.2. The van der Waals surface area contributed by atoms with Crippen LogP contribution in [0.15, 0.2) is 0 Å². The van der Waals surface area contributed by atoms with Gasteiger partial charge in [-0.3, -0.25) is 4.79 Å². The largest absolute Gasteiger partial charge is 0.480 e. The predicted molar refractivity (Wildman–Crippen MR) is 67.1 cm³/mol. The van der Waals surface area contributed by atoms with Crippen LogP contribution in [0, 0.1) is 12.3 Å². The van der Waals surface area contributed by atoms with E-state index < -0.39 is 12.0 Å². The summed E-state index contributed by atoms with van der Waals surface area (Å²) in [5.74, 6) is 1.39. The Kier molecular flexibility index (Phi) is 8.41. The van der Waals surface area contributed by atoms with E-state index in [1.807, 2.05) is 6.92 Å². The van der Waals surface area contributed by atoms with Crippen molar-refractivity contribution < 1.29 is 19.4 Å². The van der Waals surface area contributed by atoms with Gasteiger partial charge in [0.25, 0.3) is 0 Å². The average molecular weight is 256 g/mol. The number of carbonyl (C=O) groups is 2. The molecule has 0 aliphatic carbocycles. The molecule has 0 bridgehead atoms. The number of amides is 2. The maximum atomic E-state index is 11.8. The second-order valence-corrected chi connectivity index (χ2v) is 3.77. The van der Waals surface area contributed by atoms with Crippen LogP contribution in [0.4, 0.5) is 4.79 Å². The summed E-state index contributed by atoms with van der Waals surface area (Å²) in [6, 6.07) is -0.854. The van der Waals surface area contributed by atoms with Gasteiger partial charge >= 0.3 is 12.0 Å². The molecule has 6 heteroatoms. The number of terminal acetylenes is 1. The van der Waals surface area contributed by atoms with E-state index in [1.165, 1.54) is 7.11 Å². The Morgan fingerprint density at radius 1 is 1.56 bits per heavy atom. The molecule has 0 spiro atoms. The third kappa shape index (κ3) is 6.76. The first-order chi connectivity index (χ1) is 8.54. The molecule has 0 aliphatic heterocycles. The predicted octanol–water partition coefficient (Wildman–Crippen LogP) is 0.531. The number of carbonyl (C=O) groups excluding carboxylic acids is 1. The van der Waals surface area contributed by atoms with Crippen molar-refractivity contribution >= 4 is 12.0 Å². The highest BCUT2D eigenvalue weighted by atomic mass is 16.5. The van der Waals surface area contributed by atoms with Gasteiger partial charge in [0.2, 0.25) is 0 Å². The van der Waals surface area contributed by atoms with Crippen LogP contribution in [0.3, 0.4) is 0 Å². The summed E-state index contributed by atoms with van der Waals surface area (Å²) in [5.41, 5.74) is 0. The van der Waals surface area contributed by atoms with E-state index >= 15 is 0 Å². The highest BCUT2D eigenvalue weighted by molar-refractivity contribution is 5.80. The number of carboxylic acids is 1. The third-order valence-corrected chi connectivity index (χ3v) is 2.25. The molecule has 0 rings (SSSR count). The molecule has 0 radical (unpaired) electrons. The molecule has 0 saturated heterocycles. The fourth-order valence-corrected chi connectivity index (χ4v) is 1.34. The zero-order chi connectivity index (χ0) is 14.0. The van der Waals surface area contributed by atoms with Crippen LogP contribution in [-0.4, -0.2) is 54.9 Å². The van der Waals surface area contributed by atoms with Gasteiger partial charge in [0.15, 0.2) is 0 Å². The topological polar surface area (TPSA) is 78.9 Å². The Morgan fingerprint density at radius 3 is 2.67 bits per heavy atom. The lowest BCUT2D eigenvalue weighted by Crippen LogP contribution is -2.47. The van der Waals surface area contributed by atoms with Crippen molar-refractivity contribution in [2.75, 3.05) is 26.8 Å². The number of nitrogens with one attached hydrogen (secondary N) is 1. The first-order valence-electron chi connectivity index (χ1n) is 5.77. The normalized spacial score (nSPS) is 11.4. The lowest BCUT2D eigenvalue weighted by molar-refractivity contribution is -0.137. The Morgan fingerprint density at radius 2 is 2.22 bits per heavy atom. The van der Waals surface area contributed by atoms with Gasteiger partial charge < -0.3 is 20.1 Å². The summed E-state index contributed by atoms with van der Waals surface area (Å²) < 4.78 is 4.83. The van der Waals surface area contributed by atoms with Crippen LogP contribution in [0.5, 0.6) is 0 Å². The van der Waals surface area contributed by atoms with Crippen molar-refractivity contribution in [3.05, 3.63) is 0 Å². The van der Waals surface area contributed by atoms with Crippen LogP contribution in [0.2, 0.25) is 0 Å². The molecule has 0 fully saturated rings. The summed E-state index contributed by atoms with van der Waals surface area (Å²) in [6.07, 6.45) is 6.78. The van der Waals surface area contributed by atoms with E-state index in [-0.39, 0.29) is 25.7 Å². The molecule has 1 unspecified atom stereocenters. The minimum atomic E-state index is -1.07. The summed E-state index contributed by atoms with van der Waals surface area (Å²) in [7, 11) is 1.48. The van der Waals surface area contributed by atoms with Crippen molar-refractivity contribution in [1.82, 2.24) is 10.2 Å². The van der Waals surface area contributed by atoms with Gasteiger partial charge in [0, 0.05) is 13.7 Å². The first kappa shape index (κ1) is 16.3. The van der Waals surface area contributed by atoms with E-state index in [9.17, 15) is 9.59 Å². The standard InChI is InChI=1S/C12H20N2O4/c1-4-6-10(5-2)13-12(17)14(7-8-18-3)9-11(15)16/h2,10H,4,6-9H2,1,3H3,(H,13,17)(H,15,16). The van der Waals surface area contributed by atoms with E-state index in [2.05, 4.69) is 11.2 Å². The second-order valence-electron chi connectivity index (χ2n) is 3.77. The molecule has 1 atom stereocenters. The minimum Gasteiger partial charge on any atom is -0.480 e. The van der Waals surface area contributed by atoms with E-state index in [4.69, 9.17) is 16.3 Å². The van der Waals surface area contributed by atoms with Gasteiger partial charge in [-0.1, -0.05) is 19.3 Å². The SMILES string of the molecule is C#CC(CCC)NC(=O)N(CCOC)CC(=O)O. The molecule has 0 aromatic carbocycles. The number of ether oxygens (including phenoxy) is 1. The minimum absolute atomic E-state index is 0.206. The van der Waals surface area contributed by atoms with Crippen LogP contribution >= 0.6 is 0 Å². The highest BCUT2D eigenvalue weighted by Gasteiger charge is 2.18. The average Bonchev–Trinajstić information content (AvgIpc) is 2.33. The number of methoxy groups -OCH3 is 1. The van der Waals surface area contributed by atoms with Crippen molar-refractivity contribution in [1.29, 1.82) is 0 Å². The molecular weight excluding hydrogens is 236 g/mol. The summed E-state index contributed by atoms with van der Waals surface area (Å²) in [6.45, 7) is 2.06. The molecule has 0 aromatic heterocycles. The van der Waals surface area contributed by atoms with Gasteiger partial charge in [-0.25, -0.2) is 4.79 Å². The van der Waals surface area contributed by atoms with E-state index in [1.54, 1.807) is 0 Å². The number of carboxylic acid groups (broad SMARTS) is 1. The number of nitrogens with zero attached hydrogens (tertiary/aromatic N) is 1. The van der Waals surface area contributed by atoms with E-state index in [0.29, 0.717) is 6.42 Å². The number of urea groups is 1. The zero-order valence-corrected chi connectivity index (χ0v) is 10.8. The van der Waals surface area contributed by atoms with Crippen LogP contribution < -0.4 is 5.32 Å². The molecule has 2 amide bonds. The molecule has 6 nitrogen and oxygen atoms in total. The fourth-order valence-electron chi connectivity index (χ4n) is 1.34. The summed E-state index contributed by atoms with van der Waals surface area (Å²) >= 11 is 0. The number of hydrogen-bond donors (Lipinski definition) is 2. The highest BCUT2D eigenvalue weighted by Crippen LogP contribution is 1.98. The first-order valence-corrected chi connectivity index (χ1v) is 5.77. The van der Waals surface area contributed by atoms with Crippen molar-refractivity contribution in [2.24, 2.45) is 0 Å². The molecule has 0 aliphatic rings. The van der Waals surface area contributed by atoms with Crippen molar-refractivity contribution in [3.8, 4) is 12.3 Å². The molecule has 0 saturated carbocycles. The maximum Gasteiger partial charge on any atom is 0.323 e. The van der Waals surface area contributed by atoms with Crippen molar-refractivity contribution in [2.45, 2.75) is 25.8 Å². The van der Waals surface area contributed by atoms with Gasteiger partial charge in [-0.2, -0.15) is 0 Å². The third-order valence-electron chi connectivity index (χ3n) is 2.25. The summed E-state index contributed by atoms with van der Waals surface area (Å²) in [5, 5.41) is 11.3. The fraction of sp³-hybridized carbons (Fsp3) is 0.667. The molecular formula is C12H20N2O4. The summed E-state index contributed by atoms with van der Waals surface area (Å²) in [4.78, 5) is 23.6. The van der Waals surface area contributed by atoms with Crippen molar-refractivity contribution in [3.63, 3.8) is 0 Å². The Bertz CT molecular complexity index is 312. The number of aliphatic carboxylic acids is 1. The maximum absolute atomic E-state index is 11.8.